The largest absolute Gasteiger partial charge is 0.384 e. The molecule has 0 unspecified atom stereocenters. The number of nitrogens with zero attached hydrogens (tertiary/aromatic N) is 1. The van der Waals surface area contributed by atoms with Crippen LogP contribution in [0.15, 0.2) is 54.6 Å². The van der Waals surface area contributed by atoms with Gasteiger partial charge in [-0.3, -0.25) is 0 Å². The highest BCUT2D eigenvalue weighted by molar-refractivity contribution is 5.33. The van der Waals surface area contributed by atoms with Crippen LogP contribution in [0.1, 0.15) is 55.2 Å². The minimum Gasteiger partial charge on any atom is -0.384 e. The van der Waals surface area contributed by atoms with Crippen LogP contribution in [0, 0.1) is 6.92 Å². The van der Waals surface area contributed by atoms with Gasteiger partial charge in [-0.15, -0.1) is 0 Å². The lowest BCUT2D eigenvalue weighted by Gasteiger charge is -2.39. The Kier molecular flexibility index (Phi) is 5.93. The Morgan fingerprint density at radius 1 is 1.00 bits per heavy atom. The smallest absolute Gasteiger partial charge is 0.0976 e. The van der Waals surface area contributed by atoms with Gasteiger partial charge in [0.25, 0.3) is 0 Å². The predicted octanol–water partition coefficient (Wildman–Crippen LogP) is 4.86. The van der Waals surface area contributed by atoms with Crippen LogP contribution in [0.2, 0.25) is 0 Å². The van der Waals surface area contributed by atoms with E-state index in [2.05, 4.69) is 73.3 Å². The molecular formula is C23H31NO. The van der Waals surface area contributed by atoms with E-state index in [1.54, 1.807) is 0 Å². The zero-order valence-electron chi connectivity index (χ0n) is 15.6. The molecule has 0 aromatic heterocycles. The Morgan fingerprint density at radius 3 is 2.24 bits per heavy atom. The fourth-order valence-corrected chi connectivity index (χ4v) is 4.18. The molecule has 2 atom stereocenters. The fourth-order valence-electron chi connectivity index (χ4n) is 4.18. The Hall–Kier alpha value is -1.64. The summed E-state index contributed by atoms with van der Waals surface area (Å²) in [5, 5.41) is 11.9. The maximum Gasteiger partial charge on any atom is 0.0976 e. The molecule has 2 heteroatoms. The van der Waals surface area contributed by atoms with E-state index in [1.807, 2.05) is 0 Å². The van der Waals surface area contributed by atoms with Gasteiger partial charge in [0.1, 0.15) is 0 Å². The summed E-state index contributed by atoms with van der Waals surface area (Å²) in [6, 6.07) is 19.1. The molecule has 1 heterocycles. The lowest BCUT2D eigenvalue weighted by Crippen LogP contribution is -2.40. The normalized spacial score (nSPS) is 18.8. The minimum absolute atomic E-state index is 0.0921. The van der Waals surface area contributed by atoms with Gasteiger partial charge in [0.15, 0.2) is 0 Å². The van der Waals surface area contributed by atoms with E-state index in [0.29, 0.717) is 0 Å². The zero-order valence-corrected chi connectivity index (χ0v) is 15.6. The lowest BCUT2D eigenvalue weighted by atomic mass is 9.74. The van der Waals surface area contributed by atoms with E-state index in [4.69, 9.17) is 0 Å². The molecule has 3 rings (SSSR count). The van der Waals surface area contributed by atoms with E-state index in [0.717, 1.165) is 38.0 Å². The van der Waals surface area contributed by atoms with E-state index in [-0.39, 0.29) is 5.92 Å². The number of likely N-dealkylation sites (tertiary alicyclic amines) is 1. The maximum absolute atomic E-state index is 11.9. The first-order valence-electron chi connectivity index (χ1n) is 9.70. The van der Waals surface area contributed by atoms with E-state index in [9.17, 15) is 5.11 Å². The van der Waals surface area contributed by atoms with Gasteiger partial charge < -0.3 is 10.0 Å². The van der Waals surface area contributed by atoms with Crippen LogP contribution in [-0.4, -0.2) is 29.6 Å². The van der Waals surface area contributed by atoms with Crippen molar-refractivity contribution in [1.29, 1.82) is 0 Å². The lowest BCUT2D eigenvalue weighted by molar-refractivity contribution is -0.0117. The molecule has 0 bridgehead atoms. The van der Waals surface area contributed by atoms with Crippen LogP contribution in [0.5, 0.6) is 0 Å². The SMILES string of the molecule is CCC[C@](O)(c1ccc(C)cc1)[C@H](CN1CCCC1)c1ccccc1. The molecule has 0 amide bonds. The molecule has 1 aliphatic heterocycles. The molecule has 2 aromatic rings. The van der Waals surface area contributed by atoms with Crippen molar-refractivity contribution in [2.24, 2.45) is 0 Å². The van der Waals surface area contributed by atoms with Crippen molar-refractivity contribution < 1.29 is 5.11 Å². The maximum atomic E-state index is 11.9. The Balaban J connectivity index is 2.00. The summed E-state index contributed by atoms with van der Waals surface area (Å²) in [7, 11) is 0. The van der Waals surface area contributed by atoms with Crippen molar-refractivity contribution in [2.75, 3.05) is 19.6 Å². The van der Waals surface area contributed by atoms with Gasteiger partial charge in [-0.2, -0.15) is 0 Å². The first kappa shape index (κ1) is 18.2. The minimum atomic E-state index is -0.827. The number of benzene rings is 2. The molecule has 0 spiro atoms. The molecule has 1 fully saturated rings. The quantitative estimate of drug-likeness (QED) is 0.780. The molecule has 2 aromatic carbocycles. The molecular weight excluding hydrogens is 306 g/mol. The van der Waals surface area contributed by atoms with Gasteiger partial charge in [-0.1, -0.05) is 73.5 Å². The molecule has 25 heavy (non-hydrogen) atoms. The second-order valence-corrected chi connectivity index (χ2v) is 7.51. The molecule has 1 aliphatic rings. The summed E-state index contributed by atoms with van der Waals surface area (Å²) in [5.41, 5.74) is 2.70. The van der Waals surface area contributed by atoms with Gasteiger partial charge in [0.05, 0.1) is 5.60 Å². The summed E-state index contributed by atoms with van der Waals surface area (Å²) in [5.74, 6) is 0.0921. The average molecular weight is 338 g/mol. The van der Waals surface area contributed by atoms with E-state index in [1.165, 1.54) is 24.0 Å². The molecule has 1 saturated heterocycles. The van der Waals surface area contributed by atoms with Crippen LogP contribution in [0.3, 0.4) is 0 Å². The number of rotatable bonds is 7. The molecule has 0 aliphatic carbocycles. The second-order valence-electron chi connectivity index (χ2n) is 7.51. The molecule has 134 valence electrons. The van der Waals surface area contributed by atoms with Crippen LogP contribution >= 0.6 is 0 Å². The summed E-state index contributed by atoms with van der Waals surface area (Å²) < 4.78 is 0. The standard InChI is InChI=1S/C23H31NO/c1-3-15-23(25,21-13-11-19(2)12-14-21)22(18-24-16-7-8-17-24)20-9-5-4-6-10-20/h4-6,9-14,22,25H,3,7-8,15-18H2,1-2H3/t22-,23+/m1/s1. The van der Waals surface area contributed by atoms with E-state index < -0.39 is 5.60 Å². The fraction of sp³-hybridized carbons (Fsp3) is 0.478. The van der Waals surface area contributed by atoms with Crippen molar-refractivity contribution in [3.63, 3.8) is 0 Å². The molecule has 0 saturated carbocycles. The molecule has 2 nitrogen and oxygen atoms in total. The average Bonchev–Trinajstić information content (AvgIpc) is 3.14. The Labute approximate surface area is 152 Å². The first-order chi connectivity index (χ1) is 12.1. The summed E-state index contributed by atoms with van der Waals surface area (Å²) >= 11 is 0. The van der Waals surface area contributed by atoms with Crippen molar-refractivity contribution in [2.45, 2.75) is 51.0 Å². The molecule has 0 radical (unpaired) electrons. The number of hydrogen-bond acceptors (Lipinski definition) is 2. The van der Waals surface area contributed by atoms with Crippen LogP contribution in [0.4, 0.5) is 0 Å². The predicted molar refractivity (Wildman–Crippen MR) is 105 cm³/mol. The van der Waals surface area contributed by atoms with Crippen molar-refractivity contribution >= 4 is 0 Å². The van der Waals surface area contributed by atoms with Crippen molar-refractivity contribution in [3.05, 3.63) is 71.3 Å². The highest BCUT2D eigenvalue weighted by Crippen LogP contribution is 2.41. The topological polar surface area (TPSA) is 23.5 Å². The Bertz CT molecular complexity index is 646. The van der Waals surface area contributed by atoms with Gasteiger partial charge >= 0.3 is 0 Å². The molecule has 1 N–H and O–H groups in total. The number of aryl methyl sites for hydroxylation is 1. The number of aliphatic hydroxyl groups is 1. The third kappa shape index (κ3) is 4.13. The second kappa shape index (κ2) is 8.16. The third-order valence-corrected chi connectivity index (χ3v) is 5.60. The Morgan fingerprint density at radius 2 is 1.64 bits per heavy atom. The third-order valence-electron chi connectivity index (χ3n) is 5.60. The highest BCUT2D eigenvalue weighted by Gasteiger charge is 2.39. The van der Waals surface area contributed by atoms with Gasteiger partial charge in [0, 0.05) is 12.5 Å². The van der Waals surface area contributed by atoms with Gasteiger partial charge in [0.2, 0.25) is 0 Å². The van der Waals surface area contributed by atoms with E-state index >= 15 is 0 Å². The van der Waals surface area contributed by atoms with Crippen LogP contribution < -0.4 is 0 Å². The summed E-state index contributed by atoms with van der Waals surface area (Å²) in [6.07, 6.45) is 4.30. The van der Waals surface area contributed by atoms with Crippen molar-refractivity contribution in [3.8, 4) is 0 Å². The first-order valence-corrected chi connectivity index (χ1v) is 9.70. The highest BCUT2D eigenvalue weighted by atomic mass is 16.3. The van der Waals surface area contributed by atoms with Gasteiger partial charge in [-0.05, 0) is 50.4 Å². The van der Waals surface area contributed by atoms with Crippen LogP contribution in [0.25, 0.3) is 0 Å². The zero-order chi connectivity index (χ0) is 17.7. The number of hydrogen-bond donors (Lipinski definition) is 1. The monoisotopic (exact) mass is 337 g/mol. The summed E-state index contributed by atoms with van der Waals surface area (Å²) in [6.45, 7) is 7.49. The van der Waals surface area contributed by atoms with Crippen LogP contribution in [-0.2, 0) is 5.60 Å². The van der Waals surface area contributed by atoms with Crippen molar-refractivity contribution in [1.82, 2.24) is 4.90 Å². The summed E-state index contributed by atoms with van der Waals surface area (Å²) in [4.78, 5) is 2.52. The van der Waals surface area contributed by atoms with Gasteiger partial charge in [-0.25, -0.2) is 0 Å².